The van der Waals surface area contributed by atoms with Crippen LogP contribution in [0.2, 0.25) is 0 Å². The van der Waals surface area contributed by atoms with Crippen LogP contribution in [0.4, 0.5) is 0 Å². The molecule has 2 atom stereocenters. The molecule has 154 valence electrons. The van der Waals surface area contributed by atoms with Gasteiger partial charge in [0.15, 0.2) is 0 Å². The van der Waals surface area contributed by atoms with Crippen molar-refractivity contribution < 1.29 is 14.7 Å². The molecule has 0 aromatic rings. The third kappa shape index (κ3) is 7.26. The molecule has 1 amide bonds. The summed E-state index contributed by atoms with van der Waals surface area (Å²) in [6.45, 7) is 7.40. The Balaban J connectivity index is 1.56. The first-order chi connectivity index (χ1) is 12.8. The largest absolute Gasteiger partial charge is 0.477 e. The summed E-state index contributed by atoms with van der Waals surface area (Å²) in [6.07, 6.45) is 10.2. The molecule has 1 aliphatic carbocycles. The Kier molecular flexibility index (Phi) is 8.29. The number of hydrogen-bond acceptors (Lipinski definition) is 4. The summed E-state index contributed by atoms with van der Waals surface area (Å²) in [6, 6.07) is 0.667. The fourth-order valence-corrected chi connectivity index (χ4v) is 3.81. The van der Waals surface area contributed by atoms with E-state index in [1.54, 1.807) is 6.08 Å². The fraction of sp³-hybridized carbons (Fsp3) is 0.810. The Labute approximate surface area is 163 Å². The van der Waals surface area contributed by atoms with Crippen LogP contribution in [-0.4, -0.2) is 54.6 Å². The van der Waals surface area contributed by atoms with Gasteiger partial charge in [-0.05, 0) is 38.1 Å². The number of carbonyl (C=O) groups is 2. The first kappa shape index (κ1) is 21.9. The van der Waals surface area contributed by atoms with E-state index in [0.29, 0.717) is 12.5 Å². The summed E-state index contributed by atoms with van der Waals surface area (Å²) in [7, 11) is 2.21. The van der Waals surface area contributed by atoms with Crippen molar-refractivity contribution in [3.05, 3.63) is 11.8 Å². The Morgan fingerprint density at radius 2 is 1.89 bits per heavy atom. The predicted octanol–water partition coefficient (Wildman–Crippen LogP) is 2.75. The van der Waals surface area contributed by atoms with Crippen molar-refractivity contribution in [2.45, 2.75) is 71.3 Å². The van der Waals surface area contributed by atoms with Crippen LogP contribution in [0.3, 0.4) is 0 Å². The molecule has 27 heavy (non-hydrogen) atoms. The number of carbonyl (C=O) groups excluding carboxylic acids is 1. The van der Waals surface area contributed by atoms with Crippen molar-refractivity contribution in [2.75, 3.05) is 26.7 Å². The normalized spacial score (nSPS) is 25.2. The van der Waals surface area contributed by atoms with Gasteiger partial charge in [-0.3, -0.25) is 4.79 Å². The van der Waals surface area contributed by atoms with E-state index in [9.17, 15) is 14.7 Å². The van der Waals surface area contributed by atoms with Gasteiger partial charge in [-0.1, -0.05) is 45.6 Å². The standard InChI is InChI=1S/C21H37N3O3/c1-21(2)14-17(21)19(25)23-18(20(26)27)11-9-7-5-4-6-8-10-16-15-22-12-13-24(16)3/h11,16-17,22H,4-10,12-15H2,1-3H3,(H,23,25)(H,26,27). The number of nitrogens with one attached hydrogen (secondary N) is 2. The average molecular weight is 380 g/mol. The molecule has 1 aliphatic heterocycles. The molecule has 2 aliphatic rings. The lowest BCUT2D eigenvalue weighted by molar-refractivity contribution is -0.135. The van der Waals surface area contributed by atoms with E-state index >= 15 is 0 Å². The Morgan fingerprint density at radius 1 is 1.22 bits per heavy atom. The van der Waals surface area contributed by atoms with Crippen LogP contribution in [-0.2, 0) is 9.59 Å². The van der Waals surface area contributed by atoms with Gasteiger partial charge in [-0.15, -0.1) is 0 Å². The maximum absolute atomic E-state index is 12.1. The SMILES string of the molecule is CN1CCNCC1CCCCCCCC=C(NC(=O)C1CC1(C)C)C(=O)O. The molecule has 1 saturated carbocycles. The third-order valence-electron chi connectivity index (χ3n) is 6.05. The van der Waals surface area contributed by atoms with Gasteiger partial charge in [0.1, 0.15) is 5.70 Å². The number of nitrogens with zero attached hydrogens (tertiary/aromatic N) is 1. The Bertz CT molecular complexity index is 545. The summed E-state index contributed by atoms with van der Waals surface area (Å²) in [5.74, 6) is -1.26. The number of likely N-dealkylation sites (N-methyl/N-ethyl adjacent to an activating group) is 1. The number of hydrogen-bond donors (Lipinski definition) is 3. The van der Waals surface area contributed by atoms with Crippen molar-refractivity contribution >= 4 is 11.9 Å². The maximum Gasteiger partial charge on any atom is 0.352 e. The predicted molar refractivity (Wildman–Crippen MR) is 107 cm³/mol. The molecule has 0 spiro atoms. The van der Waals surface area contributed by atoms with Crippen LogP contribution >= 0.6 is 0 Å². The van der Waals surface area contributed by atoms with E-state index in [1.165, 1.54) is 25.7 Å². The lowest BCUT2D eigenvalue weighted by Crippen LogP contribution is -2.49. The van der Waals surface area contributed by atoms with Gasteiger partial charge < -0.3 is 20.6 Å². The molecule has 2 unspecified atom stereocenters. The highest BCUT2D eigenvalue weighted by Gasteiger charge is 2.50. The van der Waals surface area contributed by atoms with Crippen molar-refractivity contribution in [2.24, 2.45) is 11.3 Å². The first-order valence-corrected chi connectivity index (χ1v) is 10.5. The highest BCUT2D eigenvalue weighted by Crippen LogP contribution is 2.51. The van der Waals surface area contributed by atoms with Gasteiger partial charge in [0, 0.05) is 31.6 Å². The average Bonchev–Trinajstić information content (AvgIpc) is 3.26. The number of amides is 1. The van der Waals surface area contributed by atoms with Gasteiger partial charge in [-0.2, -0.15) is 0 Å². The molecule has 1 heterocycles. The number of carboxylic acids is 1. The zero-order valence-corrected chi connectivity index (χ0v) is 17.2. The molecule has 6 nitrogen and oxygen atoms in total. The number of rotatable bonds is 11. The molecule has 0 aromatic heterocycles. The lowest BCUT2D eigenvalue weighted by atomic mass is 10.0. The van der Waals surface area contributed by atoms with Crippen molar-refractivity contribution in [3.8, 4) is 0 Å². The van der Waals surface area contributed by atoms with Crippen LogP contribution < -0.4 is 10.6 Å². The van der Waals surface area contributed by atoms with Crippen LogP contribution in [0.1, 0.15) is 65.2 Å². The highest BCUT2D eigenvalue weighted by atomic mass is 16.4. The Hall–Kier alpha value is -1.40. The first-order valence-electron chi connectivity index (χ1n) is 10.5. The number of unbranched alkanes of at least 4 members (excludes halogenated alkanes) is 5. The number of aliphatic carboxylic acids is 1. The minimum Gasteiger partial charge on any atom is -0.477 e. The van der Waals surface area contributed by atoms with E-state index in [0.717, 1.165) is 38.9 Å². The van der Waals surface area contributed by atoms with Gasteiger partial charge in [0.2, 0.25) is 5.91 Å². The summed E-state index contributed by atoms with van der Waals surface area (Å²) >= 11 is 0. The Morgan fingerprint density at radius 3 is 2.52 bits per heavy atom. The summed E-state index contributed by atoms with van der Waals surface area (Å²) < 4.78 is 0. The monoisotopic (exact) mass is 379 g/mol. The fourth-order valence-electron chi connectivity index (χ4n) is 3.81. The zero-order valence-electron chi connectivity index (χ0n) is 17.2. The molecular formula is C21H37N3O3. The van der Waals surface area contributed by atoms with Crippen LogP contribution in [0.5, 0.6) is 0 Å². The van der Waals surface area contributed by atoms with Gasteiger partial charge in [-0.25, -0.2) is 4.79 Å². The lowest BCUT2D eigenvalue weighted by Gasteiger charge is -2.33. The molecule has 0 aromatic carbocycles. The molecule has 2 rings (SSSR count). The highest BCUT2D eigenvalue weighted by molar-refractivity contribution is 5.94. The molecule has 2 fully saturated rings. The second-order valence-corrected chi connectivity index (χ2v) is 8.84. The van der Waals surface area contributed by atoms with E-state index in [4.69, 9.17) is 0 Å². The smallest absolute Gasteiger partial charge is 0.352 e. The number of allylic oxidation sites excluding steroid dienone is 1. The van der Waals surface area contributed by atoms with Gasteiger partial charge in [0.25, 0.3) is 0 Å². The second kappa shape index (κ2) is 10.2. The van der Waals surface area contributed by atoms with Gasteiger partial charge in [0.05, 0.1) is 0 Å². The van der Waals surface area contributed by atoms with E-state index in [1.807, 2.05) is 13.8 Å². The summed E-state index contributed by atoms with van der Waals surface area (Å²) in [5.41, 5.74) is 0.0476. The van der Waals surface area contributed by atoms with E-state index in [2.05, 4.69) is 22.6 Å². The summed E-state index contributed by atoms with van der Waals surface area (Å²) in [5, 5.41) is 15.3. The van der Waals surface area contributed by atoms with Crippen LogP contribution in [0, 0.1) is 11.3 Å². The molecule has 1 saturated heterocycles. The molecule has 3 N–H and O–H groups in total. The number of carboxylic acid groups (broad SMARTS) is 1. The van der Waals surface area contributed by atoms with E-state index < -0.39 is 5.97 Å². The molecule has 0 bridgehead atoms. The zero-order chi connectivity index (χ0) is 19.9. The van der Waals surface area contributed by atoms with E-state index in [-0.39, 0.29) is 22.9 Å². The number of piperazine rings is 1. The van der Waals surface area contributed by atoms with Gasteiger partial charge >= 0.3 is 5.97 Å². The van der Waals surface area contributed by atoms with Crippen molar-refractivity contribution in [1.82, 2.24) is 15.5 Å². The molecule has 0 radical (unpaired) electrons. The van der Waals surface area contributed by atoms with Crippen LogP contribution in [0.25, 0.3) is 0 Å². The quantitative estimate of drug-likeness (QED) is 0.380. The second-order valence-electron chi connectivity index (χ2n) is 8.84. The molecule has 6 heteroatoms. The molecular weight excluding hydrogens is 342 g/mol. The maximum atomic E-state index is 12.1. The van der Waals surface area contributed by atoms with Crippen molar-refractivity contribution in [3.63, 3.8) is 0 Å². The van der Waals surface area contributed by atoms with Crippen LogP contribution in [0.15, 0.2) is 11.8 Å². The third-order valence-corrected chi connectivity index (χ3v) is 6.05. The minimum atomic E-state index is -1.05. The minimum absolute atomic E-state index is 0.0101. The topological polar surface area (TPSA) is 81.7 Å². The van der Waals surface area contributed by atoms with Crippen molar-refractivity contribution in [1.29, 1.82) is 0 Å². The summed E-state index contributed by atoms with van der Waals surface area (Å²) in [4.78, 5) is 25.9.